The fraction of sp³-hybridized carbons (Fsp3) is 0.385. The minimum Gasteiger partial charge on any atom is -0.481 e. The number of ether oxygens (including phenoxy) is 1. The van der Waals surface area contributed by atoms with Gasteiger partial charge in [0, 0.05) is 18.3 Å². The van der Waals surface area contributed by atoms with Crippen molar-refractivity contribution in [3.63, 3.8) is 0 Å². The predicted molar refractivity (Wildman–Crippen MR) is 76.9 cm³/mol. The molecule has 0 N–H and O–H groups in total. The van der Waals surface area contributed by atoms with Crippen LogP contribution < -0.4 is 4.74 Å². The number of hydrogen-bond donors (Lipinski definition) is 1. The summed E-state index contributed by atoms with van der Waals surface area (Å²) < 4.78 is 31.1. The summed E-state index contributed by atoms with van der Waals surface area (Å²) in [4.78, 5) is 0.279. The molecule has 1 aliphatic rings. The molecule has 0 saturated carbocycles. The Morgan fingerprint density at radius 3 is 2.53 bits per heavy atom. The van der Waals surface area contributed by atoms with Crippen LogP contribution in [0.1, 0.15) is 6.92 Å². The van der Waals surface area contributed by atoms with Crippen LogP contribution in [0, 0.1) is 11.8 Å². The minimum absolute atomic E-state index is 0.144. The maximum atomic E-state index is 12.2. The highest BCUT2D eigenvalue weighted by Gasteiger charge is 2.34. The predicted octanol–water partition coefficient (Wildman–Crippen LogP) is 1.39. The third-order valence-corrected chi connectivity index (χ3v) is 4.95. The molecule has 0 amide bonds. The van der Waals surface area contributed by atoms with E-state index in [0.717, 1.165) is 0 Å². The fourth-order valence-corrected chi connectivity index (χ4v) is 3.81. The Hall–Kier alpha value is -1.16. The Balaban J connectivity index is 2.07. The second kappa shape index (κ2) is 5.87. The molecule has 1 fully saturated rings. The molecule has 19 heavy (non-hydrogen) atoms. The molecule has 6 heteroatoms. The lowest BCUT2D eigenvalue weighted by molar-refractivity contribution is 0.321. The van der Waals surface area contributed by atoms with Crippen molar-refractivity contribution in [2.24, 2.45) is 0 Å². The number of benzene rings is 1. The Morgan fingerprint density at radius 2 is 2.00 bits per heavy atom. The van der Waals surface area contributed by atoms with Crippen molar-refractivity contribution in [3.8, 4) is 17.6 Å². The molecule has 1 aromatic carbocycles. The average molecular weight is 297 g/mol. The maximum absolute atomic E-state index is 12.2. The third kappa shape index (κ3) is 3.24. The molecule has 1 aromatic rings. The van der Waals surface area contributed by atoms with Crippen molar-refractivity contribution in [2.45, 2.75) is 17.1 Å². The zero-order valence-corrected chi connectivity index (χ0v) is 12.2. The average Bonchev–Trinajstić information content (AvgIpc) is 2.36. The van der Waals surface area contributed by atoms with Gasteiger partial charge in [0.25, 0.3) is 0 Å². The lowest BCUT2D eigenvalue weighted by Gasteiger charge is -2.35. The van der Waals surface area contributed by atoms with Crippen molar-refractivity contribution >= 4 is 22.7 Å². The smallest absolute Gasteiger partial charge is 0.243 e. The Bertz CT molecular complexity index is 593. The molecule has 0 bridgehead atoms. The van der Waals surface area contributed by atoms with Gasteiger partial charge in [0.1, 0.15) is 12.4 Å². The summed E-state index contributed by atoms with van der Waals surface area (Å²) in [6.45, 7) is 2.97. The van der Waals surface area contributed by atoms with E-state index in [-0.39, 0.29) is 10.1 Å². The molecule has 0 spiro atoms. The molecule has 0 aliphatic carbocycles. The first-order valence-electron chi connectivity index (χ1n) is 5.84. The summed E-state index contributed by atoms with van der Waals surface area (Å²) >= 11 is 4.21. The van der Waals surface area contributed by atoms with Crippen LogP contribution in [0.2, 0.25) is 0 Å². The van der Waals surface area contributed by atoms with Crippen LogP contribution in [0.5, 0.6) is 5.75 Å². The highest BCUT2D eigenvalue weighted by atomic mass is 32.2. The zero-order valence-electron chi connectivity index (χ0n) is 10.5. The zero-order chi connectivity index (χ0) is 13.9. The molecule has 2 rings (SSSR count). The normalized spacial score (nSPS) is 16.3. The van der Waals surface area contributed by atoms with Gasteiger partial charge in [0.15, 0.2) is 0 Å². The minimum atomic E-state index is -3.38. The summed E-state index contributed by atoms with van der Waals surface area (Å²) in [7, 11) is -3.38. The lowest BCUT2D eigenvalue weighted by atomic mass is 10.3. The van der Waals surface area contributed by atoms with Crippen LogP contribution in [0.15, 0.2) is 29.2 Å². The fourth-order valence-electron chi connectivity index (χ4n) is 1.66. The Morgan fingerprint density at radius 1 is 1.37 bits per heavy atom. The van der Waals surface area contributed by atoms with Crippen LogP contribution >= 0.6 is 12.6 Å². The topological polar surface area (TPSA) is 46.6 Å². The summed E-state index contributed by atoms with van der Waals surface area (Å²) in [6, 6.07) is 6.39. The first-order chi connectivity index (χ1) is 9.04. The van der Waals surface area contributed by atoms with Gasteiger partial charge in [-0.1, -0.05) is 5.92 Å². The maximum Gasteiger partial charge on any atom is 0.243 e. The van der Waals surface area contributed by atoms with Gasteiger partial charge in [0.2, 0.25) is 10.0 Å². The third-order valence-electron chi connectivity index (χ3n) is 2.78. The van der Waals surface area contributed by atoms with Crippen LogP contribution in [0.25, 0.3) is 0 Å². The van der Waals surface area contributed by atoms with Crippen LogP contribution in [-0.2, 0) is 10.0 Å². The van der Waals surface area contributed by atoms with Gasteiger partial charge in [-0.15, -0.1) is 5.92 Å². The van der Waals surface area contributed by atoms with E-state index < -0.39 is 10.0 Å². The van der Waals surface area contributed by atoms with Gasteiger partial charge >= 0.3 is 0 Å². The molecule has 1 aliphatic heterocycles. The van der Waals surface area contributed by atoms with Gasteiger partial charge < -0.3 is 4.74 Å². The summed E-state index contributed by atoms with van der Waals surface area (Å²) in [6.07, 6.45) is 0. The largest absolute Gasteiger partial charge is 0.481 e. The van der Waals surface area contributed by atoms with Gasteiger partial charge in [-0.05, 0) is 31.2 Å². The molecule has 4 nitrogen and oxygen atoms in total. The number of sulfonamides is 1. The SMILES string of the molecule is CC#CCOc1ccc(S(=O)(=O)N2CC(S)C2)cc1. The number of nitrogens with zero attached hydrogens (tertiary/aromatic N) is 1. The molecule has 0 aromatic heterocycles. The first kappa shape index (κ1) is 14.3. The first-order valence-corrected chi connectivity index (χ1v) is 7.80. The van der Waals surface area contributed by atoms with Crippen molar-refractivity contribution < 1.29 is 13.2 Å². The van der Waals surface area contributed by atoms with Crippen molar-refractivity contribution in [2.75, 3.05) is 19.7 Å². The summed E-state index contributed by atoms with van der Waals surface area (Å²) in [5.41, 5.74) is 0. The highest BCUT2D eigenvalue weighted by molar-refractivity contribution is 7.89. The van der Waals surface area contributed by atoms with Crippen LogP contribution in [0.3, 0.4) is 0 Å². The molecular weight excluding hydrogens is 282 g/mol. The number of thiol groups is 1. The van der Waals surface area contributed by atoms with E-state index in [2.05, 4.69) is 24.5 Å². The van der Waals surface area contributed by atoms with Gasteiger partial charge in [-0.25, -0.2) is 8.42 Å². The van der Waals surface area contributed by atoms with E-state index in [1.54, 1.807) is 31.2 Å². The van der Waals surface area contributed by atoms with Gasteiger partial charge in [-0.2, -0.15) is 16.9 Å². The number of hydrogen-bond acceptors (Lipinski definition) is 4. The second-order valence-corrected chi connectivity index (χ2v) is 6.83. The Labute approximate surface area is 119 Å². The van der Waals surface area contributed by atoms with E-state index >= 15 is 0 Å². The van der Waals surface area contributed by atoms with Crippen molar-refractivity contribution in [1.82, 2.24) is 4.31 Å². The van der Waals surface area contributed by atoms with Gasteiger partial charge in [-0.3, -0.25) is 0 Å². The number of rotatable bonds is 4. The molecule has 0 atom stereocenters. The Kier molecular flexibility index (Phi) is 4.40. The van der Waals surface area contributed by atoms with Crippen LogP contribution in [-0.4, -0.2) is 37.7 Å². The van der Waals surface area contributed by atoms with E-state index in [9.17, 15) is 8.42 Å². The van der Waals surface area contributed by atoms with E-state index in [0.29, 0.717) is 25.4 Å². The quantitative estimate of drug-likeness (QED) is 0.675. The second-order valence-electron chi connectivity index (χ2n) is 4.16. The van der Waals surface area contributed by atoms with Crippen LogP contribution in [0.4, 0.5) is 0 Å². The molecule has 102 valence electrons. The summed E-state index contributed by atoms with van der Waals surface area (Å²) in [5, 5.41) is 0.144. The lowest BCUT2D eigenvalue weighted by Crippen LogP contribution is -2.50. The standard InChI is InChI=1S/C13H15NO3S2/c1-2-3-8-17-11-4-6-13(7-5-11)19(15,16)14-9-12(18)10-14/h4-7,12,18H,8-10H2,1H3. The van der Waals surface area contributed by atoms with Gasteiger partial charge in [0.05, 0.1) is 4.90 Å². The monoisotopic (exact) mass is 297 g/mol. The van der Waals surface area contributed by atoms with E-state index in [1.165, 1.54) is 4.31 Å². The molecule has 0 radical (unpaired) electrons. The van der Waals surface area contributed by atoms with E-state index in [1.807, 2.05) is 0 Å². The molecule has 0 unspecified atom stereocenters. The highest BCUT2D eigenvalue weighted by Crippen LogP contribution is 2.25. The van der Waals surface area contributed by atoms with E-state index in [4.69, 9.17) is 4.74 Å². The van der Waals surface area contributed by atoms with Crippen molar-refractivity contribution in [1.29, 1.82) is 0 Å². The summed E-state index contributed by atoms with van der Waals surface area (Å²) in [5.74, 6) is 6.11. The molecular formula is C13H15NO3S2. The molecule has 1 saturated heterocycles. The molecule has 1 heterocycles. The van der Waals surface area contributed by atoms with Crippen molar-refractivity contribution in [3.05, 3.63) is 24.3 Å².